The molecule has 0 spiro atoms. The number of aryl methyl sites for hydroxylation is 1. The third kappa shape index (κ3) is 3.31. The van der Waals surface area contributed by atoms with E-state index in [9.17, 15) is 4.79 Å². The lowest BCUT2D eigenvalue weighted by atomic mass is 10.0. The van der Waals surface area contributed by atoms with Gasteiger partial charge in [0.05, 0.1) is 25.2 Å². The lowest BCUT2D eigenvalue weighted by Gasteiger charge is -2.20. The molecule has 4 heterocycles. The van der Waals surface area contributed by atoms with Crippen LogP contribution in [0.2, 0.25) is 0 Å². The number of carbonyl (C=O) groups is 1. The van der Waals surface area contributed by atoms with E-state index in [-0.39, 0.29) is 12.0 Å². The van der Waals surface area contributed by atoms with Crippen LogP contribution in [0.3, 0.4) is 0 Å². The summed E-state index contributed by atoms with van der Waals surface area (Å²) >= 11 is 0. The van der Waals surface area contributed by atoms with Gasteiger partial charge < -0.3 is 14.1 Å². The average Bonchev–Trinajstić information content (AvgIpc) is 3.23. The second-order valence-electron chi connectivity index (χ2n) is 7.29. The van der Waals surface area contributed by atoms with Crippen molar-refractivity contribution in [2.24, 2.45) is 5.92 Å². The number of hydrogen-bond donors (Lipinski definition) is 0. The summed E-state index contributed by atoms with van der Waals surface area (Å²) in [4.78, 5) is 16.7. The van der Waals surface area contributed by atoms with Crippen LogP contribution in [-0.2, 0) is 16.1 Å². The molecular formula is C18H26N2O3. The van der Waals surface area contributed by atoms with Gasteiger partial charge in [-0.1, -0.05) is 0 Å². The van der Waals surface area contributed by atoms with E-state index < -0.39 is 0 Å². The van der Waals surface area contributed by atoms with Gasteiger partial charge in [0.2, 0.25) is 5.91 Å². The fourth-order valence-electron chi connectivity index (χ4n) is 4.29. The Labute approximate surface area is 137 Å². The zero-order valence-electron chi connectivity index (χ0n) is 13.9. The van der Waals surface area contributed by atoms with Crippen LogP contribution >= 0.6 is 0 Å². The van der Waals surface area contributed by atoms with Crippen molar-refractivity contribution in [1.29, 1.82) is 0 Å². The predicted molar refractivity (Wildman–Crippen MR) is 85.9 cm³/mol. The van der Waals surface area contributed by atoms with Crippen LogP contribution in [0.15, 0.2) is 16.5 Å². The molecule has 3 aliphatic rings. The highest BCUT2D eigenvalue weighted by atomic mass is 16.5. The smallest absolute Gasteiger partial charge is 0.225 e. The molecule has 5 nitrogen and oxygen atoms in total. The van der Waals surface area contributed by atoms with Crippen LogP contribution in [0, 0.1) is 12.8 Å². The van der Waals surface area contributed by atoms with Crippen LogP contribution in [-0.4, -0.2) is 54.1 Å². The standard InChI is InChI=1S/C18H26N2O3/c1-13-4-5-15(22-13)11-19-10-14-8-16(23-17(14)12-19)9-18(21)20-6-2-3-7-20/h4-5,14,16-17H,2-3,6-12H2,1H3/t14-,16+,17+/m0/s1. The third-order valence-corrected chi connectivity index (χ3v) is 5.43. The van der Waals surface area contributed by atoms with E-state index >= 15 is 0 Å². The number of furan rings is 1. The maximum absolute atomic E-state index is 12.3. The van der Waals surface area contributed by atoms with E-state index in [1.165, 1.54) is 0 Å². The molecule has 3 saturated heterocycles. The highest BCUT2D eigenvalue weighted by molar-refractivity contribution is 5.77. The van der Waals surface area contributed by atoms with Gasteiger partial charge in [-0.2, -0.15) is 0 Å². The molecule has 0 N–H and O–H groups in total. The summed E-state index contributed by atoms with van der Waals surface area (Å²) in [7, 11) is 0. The molecule has 3 fully saturated rings. The van der Waals surface area contributed by atoms with Crippen LogP contribution in [0.25, 0.3) is 0 Å². The first-order chi connectivity index (χ1) is 11.2. The molecule has 1 aromatic heterocycles. The number of rotatable bonds is 4. The van der Waals surface area contributed by atoms with Crippen molar-refractivity contribution < 1.29 is 13.9 Å². The molecule has 5 heteroatoms. The van der Waals surface area contributed by atoms with Gasteiger partial charge in [0, 0.05) is 32.1 Å². The molecule has 1 aromatic rings. The summed E-state index contributed by atoms with van der Waals surface area (Å²) in [5, 5.41) is 0. The van der Waals surface area contributed by atoms with E-state index in [0.717, 1.165) is 63.5 Å². The number of hydrogen-bond acceptors (Lipinski definition) is 4. The second-order valence-corrected chi connectivity index (χ2v) is 7.29. The molecule has 0 unspecified atom stereocenters. The summed E-state index contributed by atoms with van der Waals surface area (Å²) in [5.41, 5.74) is 0. The Morgan fingerprint density at radius 2 is 2.09 bits per heavy atom. The zero-order chi connectivity index (χ0) is 15.8. The van der Waals surface area contributed by atoms with E-state index in [2.05, 4.69) is 11.0 Å². The van der Waals surface area contributed by atoms with Gasteiger partial charge in [-0.25, -0.2) is 0 Å². The molecule has 126 valence electrons. The lowest BCUT2D eigenvalue weighted by Crippen LogP contribution is -2.32. The highest BCUT2D eigenvalue weighted by Gasteiger charge is 2.42. The minimum atomic E-state index is 0.131. The summed E-state index contributed by atoms with van der Waals surface area (Å²) in [6, 6.07) is 4.07. The molecule has 3 aliphatic heterocycles. The van der Waals surface area contributed by atoms with Crippen molar-refractivity contribution in [3.63, 3.8) is 0 Å². The fourth-order valence-corrected chi connectivity index (χ4v) is 4.29. The van der Waals surface area contributed by atoms with Crippen molar-refractivity contribution in [3.05, 3.63) is 23.7 Å². The normalized spacial score (nSPS) is 31.0. The molecule has 0 saturated carbocycles. The van der Waals surface area contributed by atoms with Gasteiger partial charge in [0.1, 0.15) is 11.5 Å². The Morgan fingerprint density at radius 1 is 1.26 bits per heavy atom. The Hall–Kier alpha value is -1.33. The maximum atomic E-state index is 12.3. The second kappa shape index (κ2) is 6.29. The number of carbonyl (C=O) groups excluding carboxylic acids is 1. The number of fused-ring (bicyclic) bond motifs is 1. The molecule has 0 bridgehead atoms. The molecule has 3 atom stereocenters. The lowest BCUT2D eigenvalue weighted by molar-refractivity contribution is -0.132. The first-order valence-corrected chi connectivity index (χ1v) is 8.88. The molecule has 23 heavy (non-hydrogen) atoms. The van der Waals surface area contributed by atoms with Crippen LogP contribution in [0.5, 0.6) is 0 Å². The Kier molecular flexibility index (Phi) is 4.16. The van der Waals surface area contributed by atoms with Gasteiger partial charge in [0.25, 0.3) is 0 Å². The molecule has 0 aliphatic carbocycles. The van der Waals surface area contributed by atoms with Gasteiger partial charge in [0.15, 0.2) is 0 Å². The SMILES string of the molecule is Cc1ccc(CN2C[C@@H]3C[C@H](CC(=O)N4CCCC4)O[C@@H]3C2)o1. The first kappa shape index (κ1) is 15.2. The predicted octanol–water partition coefficient (Wildman–Crippen LogP) is 2.19. The van der Waals surface area contributed by atoms with E-state index in [1.807, 2.05) is 17.9 Å². The first-order valence-electron chi connectivity index (χ1n) is 8.88. The monoisotopic (exact) mass is 318 g/mol. The van der Waals surface area contributed by atoms with E-state index in [4.69, 9.17) is 9.15 Å². The third-order valence-electron chi connectivity index (χ3n) is 5.43. The van der Waals surface area contributed by atoms with Crippen molar-refractivity contribution >= 4 is 5.91 Å². The van der Waals surface area contributed by atoms with Gasteiger partial charge in [-0.15, -0.1) is 0 Å². The van der Waals surface area contributed by atoms with E-state index in [0.29, 0.717) is 18.4 Å². The summed E-state index contributed by atoms with van der Waals surface area (Å²) in [6.45, 7) is 6.73. The zero-order valence-corrected chi connectivity index (χ0v) is 13.9. The fraction of sp³-hybridized carbons (Fsp3) is 0.722. The van der Waals surface area contributed by atoms with Crippen LogP contribution in [0.1, 0.15) is 37.2 Å². The van der Waals surface area contributed by atoms with Crippen molar-refractivity contribution in [1.82, 2.24) is 9.80 Å². The average molecular weight is 318 g/mol. The van der Waals surface area contributed by atoms with Crippen LogP contribution < -0.4 is 0 Å². The topological polar surface area (TPSA) is 45.9 Å². The maximum Gasteiger partial charge on any atom is 0.225 e. The summed E-state index contributed by atoms with van der Waals surface area (Å²) < 4.78 is 11.8. The summed E-state index contributed by atoms with van der Waals surface area (Å²) in [5.74, 6) is 2.86. The van der Waals surface area contributed by atoms with Gasteiger partial charge >= 0.3 is 0 Å². The van der Waals surface area contributed by atoms with Crippen molar-refractivity contribution in [2.75, 3.05) is 26.2 Å². The van der Waals surface area contributed by atoms with E-state index in [1.54, 1.807) is 0 Å². The largest absolute Gasteiger partial charge is 0.465 e. The minimum Gasteiger partial charge on any atom is -0.465 e. The van der Waals surface area contributed by atoms with Crippen LogP contribution in [0.4, 0.5) is 0 Å². The molecule has 0 radical (unpaired) electrons. The Bertz CT molecular complexity index is 550. The molecule has 4 rings (SSSR count). The number of amides is 1. The Morgan fingerprint density at radius 3 is 2.78 bits per heavy atom. The molecule has 1 amide bonds. The van der Waals surface area contributed by atoms with Gasteiger partial charge in [-0.3, -0.25) is 9.69 Å². The molecule has 0 aromatic carbocycles. The Balaban J connectivity index is 1.25. The van der Waals surface area contributed by atoms with Crippen molar-refractivity contribution in [3.8, 4) is 0 Å². The number of ether oxygens (including phenoxy) is 1. The molecular weight excluding hydrogens is 292 g/mol. The van der Waals surface area contributed by atoms with Crippen molar-refractivity contribution in [2.45, 2.75) is 51.4 Å². The summed E-state index contributed by atoms with van der Waals surface area (Å²) in [6.07, 6.45) is 4.34. The quantitative estimate of drug-likeness (QED) is 0.854. The van der Waals surface area contributed by atoms with Gasteiger partial charge in [-0.05, 0) is 38.3 Å². The minimum absolute atomic E-state index is 0.131. The number of likely N-dealkylation sites (tertiary alicyclic amines) is 2. The highest BCUT2D eigenvalue weighted by Crippen LogP contribution is 2.35. The number of nitrogens with zero attached hydrogens (tertiary/aromatic N) is 2.